The maximum atomic E-state index is 11.8. The molecule has 3 aromatic carbocycles. The van der Waals surface area contributed by atoms with Gasteiger partial charge in [0.1, 0.15) is 28.6 Å². The lowest BCUT2D eigenvalue weighted by Gasteiger charge is -2.30. The average Bonchev–Trinajstić information content (AvgIpc) is 2.65. The Kier molecular flexibility index (Phi) is 3.93. The van der Waals surface area contributed by atoms with Gasteiger partial charge in [-0.15, -0.1) is 0 Å². The fourth-order valence-electron chi connectivity index (χ4n) is 3.54. The summed E-state index contributed by atoms with van der Waals surface area (Å²) in [4.78, 5) is 23.5. The van der Waals surface area contributed by atoms with Crippen LogP contribution < -0.4 is 4.74 Å². The number of carbonyl (C=O) groups is 2. The van der Waals surface area contributed by atoms with Crippen molar-refractivity contribution in [3.8, 4) is 23.0 Å². The highest BCUT2D eigenvalue weighted by atomic mass is 16.5. The molecule has 0 aliphatic carbocycles. The zero-order chi connectivity index (χ0) is 20.0. The molecule has 0 fully saturated rings. The smallest absolute Gasteiger partial charge is 0.343 e. The first-order valence-corrected chi connectivity index (χ1v) is 8.30. The zero-order valence-electron chi connectivity index (χ0n) is 14.3. The second-order valence-electron chi connectivity index (χ2n) is 6.33. The van der Waals surface area contributed by atoms with Crippen LogP contribution in [0.4, 0.5) is 0 Å². The number of hydrogen-bond donors (Lipinski definition) is 4. The monoisotopic (exact) mass is 378 g/mol. The molecule has 1 unspecified atom stereocenters. The van der Waals surface area contributed by atoms with Gasteiger partial charge in [0.2, 0.25) is 0 Å². The van der Waals surface area contributed by atoms with Crippen molar-refractivity contribution in [1.82, 2.24) is 0 Å². The van der Waals surface area contributed by atoms with Crippen LogP contribution in [0.25, 0.3) is 0 Å². The highest BCUT2D eigenvalue weighted by Crippen LogP contribution is 2.51. The molecule has 0 bridgehead atoms. The van der Waals surface area contributed by atoms with E-state index in [4.69, 9.17) is 4.74 Å². The molecule has 140 valence electrons. The first-order chi connectivity index (χ1) is 13.4. The van der Waals surface area contributed by atoms with Gasteiger partial charge in [-0.3, -0.25) is 0 Å². The minimum Gasteiger partial charge on any atom is -0.508 e. The Morgan fingerprint density at radius 2 is 1.54 bits per heavy atom. The molecule has 7 heteroatoms. The van der Waals surface area contributed by atoms with E-state index in [1.807, 2.05) is 0 Å². The number of carboxylic acids is 2. The summed E-state index contributed by atoms with van der Waals surface area (Å²) < 4.78 is 5.74. The van der Waals surface area contributed by atoms with Gasteiger partial charge in [0.05, 0.1) is 5.56 Å². The van der Waals surface area contributed by atoms with Gasteiger partial charge >= 0.3 is 11.9 Å². The molecule has 0 saturated carbocycles. The number of aromatic carboxylic acids is 2. The lowest BCUT2D eigenvalue weighted by molar-refractivity contribution is 0.0680. The van der Waals surface area contributed by atoms with Gasteiger partial charge in [-0.05, 0) is 23.8 Å². The number of phenolic OH excluding ortho intramolecular Hbond substituents is 1. The average molecular weight is 378 g/mol. The third-order valence-electron chi connectivity index (χ3n) is 4.71. The standard InChI is InChI=1S/C21H14O7/c22-10-5-6-13-16(9-10)28-19-14(7-8-15(23)18(19)21(26)27)17(13)11-3-1-2-4-12(11)20(24)25/h1-9,17,22-23H,(H,24,25)(H,26,27). The quantitative estimate of drug-likeness (QED) is 0.428. The molecule has 0 amide bonds. The van der Waals surface area contributed by atoms with Crippen LogP contribution >= 0.6 is 0 Å². The molecule has 3 aromatic rings. The number of aromatic hydroxyl groups is 2. The molecule has 1 atom stereocenters. The predicted molar refractivity (Wildman–Crippen MR) is 97.6 cm³/mol. The van der Waals surface area contributed by atoms with Crippen molar-refractivity contribution < 1.29 is 34.8 Å². The van der Waals surface area contributed by atoms with E-state index in [0.717, 1.165) is 0 Å². The zero-order valence-corrected chi connectivity index (χ0v) is 14.3. The van der Waals surface area contributed by atoms with E-state index in [-0.39, 0.29) is 22.8 Å². The van der Waals surface area contributed by atoms with Gasteiger partial charge in [-0.2, -0.15) is 0 Å². The lowest BCUT2D eigenvalue weighted by Crippen LogP contribution is -2.17. The number of ether oxygens (including phenoxy) is 1. The Hall–Kier alpha value is -4.00. The number of benzene rings is 3. The first kappa shape index (κ1) is 17.4. The Labute approximate surface area is 158 Å². The van der Waals surface area contributed by atoms with E-state index in [9.17, 15) is 30.0 Å². The van der Waals surface area contributed by atoms with E-state index in [1.54, 1.807) is 24.3 Å². The van der Waals surface area contributed by atoms with E-state index >= 15 is 0 Å². The number of rotatable bonds is 3. The molecular weight excluding hydrogens is 364 g/mol. The Balaban J connectivity index is 2.07. The molecular formula is C21H14O7. The molecule has 4 rings (SSSR count). The van der Waals surface area contributed by atoms with E-state index in [0.29, 0.717) is 16.7 Å². The number of hydrogen-bond acceptors (Lipinski definition) is 5. The Bertz CT molecular complexity index is 1130. The molecule has 7 nitrogen and oxygen atoms in total. The molecule has 28 heavy (non-hydrogen) atoms. The molecule has 1 heterocycles. The summed E-state index contributed by atoms with van der Waals surface area (Å²) in [5.41, 5.74) is 1.05. The maximum absolute atomic E-state index is 11.8. The minimum absolute atomic E-state index is 0.0596. The van der Waals surface area contributed by atoms with Gasteiger partial charge < -0.3 is 25.2 Å². The van der Waals surface area contributed by atoms with Crippen LogP contribution in [-0.4, -0.2) is 32.4 Å². The molecule has 4 N–H and O–H groups in total. The molecule has 1 aliphatic rings. The molecule has 0 spiro atoms. The lowest BCUT2D eigenvalue weighted by atomic mass is 9.80. The third kappa shape index (κ3) is 2.61. The summed E-state index contributed by atoms with van der Waals surface area (Å²) in [6.45, 7) is 0. The third-order valence-corrected chi connectivity index (χ3v) is 4.71. The van der Waals surface area contributed by atoms with Crippen molar-refractivity contribution in [3.05, 3.63) is 82.4 Å². The summed E-state index contributed by atoms with van der Waals surface area (Å²) in [5, 5.41) is 39.0. The van der Waals surface area contributed by atoms with Crippen molar-refractivity contribution in [2.45, 2.75) is 5.92 Å². The normalized spacial score (nSPS) is 14.5. The molecule has 1 aliphatic heterocycles. The first-order valence-electron chi connectivity index (χ1n) is 8.30. The topological polar surface area (TPSA) is 124 Å². The van der Waals surface area contributed by atoms with Crippen molar-refractivity contribution in [2.75, 3.05) is 0 Å². The van der Waals surface area contributed by atoms with Crippen LogP contribution in [0, 0.1) is 0 Å². The highest BCUT2D eigenvalue weighted by molar-refractivity contribution is 5.96. The summed E-state index contributed by atoms with van der Waals surface area (Å²) in [7, 11) is 0. The van der Waals surface area contributed by atoms with Crippen LogP contribution in [0.2, 0.25) is 0 Å². The second kappa shape index (κ2) is 6.31. The molecule has 0 saturated heterocycles. The van der Waals surface area contributed by atoms with Crippen LogP contribution in [0.15, 0.2) is 54.6 Å². The van der Waals surface area contributed by atoms with E-state index in [1.165, 1.54) is 30.3 Å². The fourth-order valence-corrected chi connectivity index (χ4v) is 3.54. The Morgan fingerprint density at radius 3 is 2.25 bits per heavy atom. The Morgan fingerprint density at radius 1 is 0.821 bits per heavy atom. The van der Waals surface area contributed by atoms with Crippen LogP contribution in [0.5, 0.6) is 23.0 Å². The second-order valence-corrected chi connectivity index (χ2v) is 6.33. The van der Waals surface area contributed by atoms with Crippen molar-refractivity contribution in [3.63, 3.8) is 0 Å². The summed E-state index contributed by atoms with van der Waals surface area (Å²) >= 11 is 0. The van der Waals surface area contributed by atoms with Gasteiger partial charge in [-0.25, -0.2) is 9.59 Å². The van der Waals surface area contributed by atoms with Crippen molar-refractivity contribution in [1.29, 1.82) is 0 Å². The largest absolute Gasteiger partial charge is 0.508 e. The van der Waals surface area contributed by atoms with Crippen molar-refractivity contribution in [2.24, 2.45) is 0 Å². The van der Waals surface area contributed by atoms with Crippen LogP contribution in [0.3, 0.4) is 0 Å². The SMILES string of the molecule is O=C(O)c1ccccc1C1c2ccc(O)cc2Oc2c1ccc(O)c2C(=O)O. The van der Waals surface area contributed by atoms with Crippen LogP contribution in [0.1, 0.15) is 43.3 Å². The number of phenols is 2. The summed E-state index contributed by atoms with van der Waals surface area (Å²) in [6, 6.07) is 13.5. The summed E-state index contributed by atoms with van der Waals surface area (Å²) in [5.74, 6) is -3.64. The minimum atomic E-state index is -1.39. The predicted octanol–water partition coefficient (Wildman–Crippen LogP) is 3.78. The maximum Gasteiger partial charge on any atom is 0.343 e. The van der Waals surface area contributed by atoms with Gasteiger partial charge in [0.15, 0.2) is 0 Å². The highest BCUT2D eigenvalue weighted by Gasteiger charge is 2.35. The fraction of sp³-hybridized carbons (Fsp3) is 0.0476. The molecule has 0 aromatic heterocycles. The number of carboxylic acid groups (broad SMARTS) is 2. The molecule has 0 radical (unpaired) electrons. The van der Waals surface area contributed by atoms with Gasteiger partial charge in [-0.1, -0.05) is 30.3 Å². The van der Waals surface area contributed by atoms with Gasteiger partial charge in [0.25, 0.3) is 0 Å². The van der Waals surface area contributed by atoms with Crippen LogP contribution in [-0.2, 0) is 0 Å². The van der Waals surface area contributed by atoms with E-state index < -0.39 is 29.2 Å². The summed E-state index contributed by atoms with van der Waals surface area (Å²) in [6.07, 6.45) is 0. The van der Waals surface area contributed by atoms with Gasteiger partial charge in [0, 0.05) is 23.1 Å². The van der Waals surface area contributed by atoms with E-state index in [2.05, 4.69) is 0 Å². The van der Waals surface area contributed by atoms with Crippen molar-refractivity contribution >= 4 is 11.9 Å². The number of fused-ring (bicyclic) bond motifs is 2.